The Bertz CT molecular complexity index is 386. The zero-order valence-electron chi connectivity index (χ0n) is 10.2. The Hall–Kier alpha value is -0.930. The molecule has 0 radical (unpaired) electrons. The fraction of sp³-hybridized carbons (Fsp3) is 0.538. The molecular formula is C13H18ClNO2. The van der Waals surface area contributed by atoms with Crippen molar-refractivity contribution in [3.05, 3.63) is 22.2 Å². The summed E-state index contributed by atoms with van der Waals surface area (Å²) in [6.07, 6.45) is 2.94. The summed E-state index contributed by atoms with van der Waals surface area (Å²) in [6.45, 7) is 3.02. The molecule has 2 rings (SSSR count). The number of phenols is 1. The Morgan fingerprint density at radius 1 is 1.59 bits per heavy atom. The highest BCUT2D eigenvalue weighted by atomic mass is 35.5. The van der Waals surface area contributed by atoms with Gasteiger partial charge in [-0.1, -0.05) is 18.5 Å². The van der Waals surface area contributed by atoms with Crippen LogP contribution in [0.3, 0.4) is 0 Å². The van der Waals surface area contributed by atoms with Crippen molar-refractivity contribution in [2.75, 3.05) is 13.7 Å². The van der Waals surface area contributed by atoms with Gasteiger partial charge in [0.05, 0.1) is 12.1 Å². The summed E-state index contributed by atoms with van der Waals surface area (Å²) < 4.78 is 5.21. The molecule has 0 aliphatic carbocycles. The van der Waals surface area contributed by atoms with Gasteiger partial charge in [-0.25, -0.2) is 0 Å². The summed E-state index contributed by atoms with van der Waals surface area (Å²) in [5.74, 6) is 0.684. The molecule has 1 aliphatic rings. The summed E-state index contributed by atoms with van der Waals surface area (Å²) in [4.78, 5) is 0. The number of hydrogen-bond acceptors (Lipinski definition) is 3. The van der Waals surface area contributed by atoms with Crippen LogP contribution in [-0.2, 0) is 6.42 Å². The third-order valence-corrected chi connectivity index (χ3v) is 3.77. The van der Waals surface area contributed by atoms with Crippen molar-refractivity contribution in [2.24, 2.45) is 0 Å². The minimum absolute atomic E-state index is 0.142. The SMILES string of the molecule is CCc1cc(OC)c(O)c(C2CCCN2)c1Cl. The highest BCUT2D eigenvalue weighted by Gasteiger charge is 2.25. The van der Waals surface area contributed by atoms with Crippen molar-refractivity contribution in [3.63, 3.8) is 0 Å². The fourth-order valence-corrected chi connectivity index (χ4v) is 2.77. The number of benzene rings is 1. The molecular weight excluding hydrogens is 238 g/mol. The van der Waals surface area contributed by atoms with E-state index < -0.39 is 0 Å². The molecule has 1 aliphatic heterocycles. The van der Waals surface area contributed by atoms with Crippen molar-refractivity contribution >= 4 is 11.6 Å². The maximum Gasteiger partial charge on any atom is 0.164 e. The van der Waals surface area contributed by atoms with Gasteiger partial charge in [0.1, 0.15) is 0 Å². The molecule has 0 saturated carbocycles. The number of aryl methyl sites for hydroxylation is 1. The van der Waals surface area contributed by atoms with E-state index in [9.17, 15) is 5.11 Å². The Kier molecular flexibility index (Phi) is 3.79. The fourth-order valence-electron chi connectivity index (χ4n) is 2.36. The molecule has 4 heteroatoms. The van der Waals surface area contributed by atoms with Crippen molar-refractivity contribution in [3.8, 4) is 11.5 Å². The number of hydrogen-bond donors (Lipinski definition) is 2. The van der Waals surface area contributed by atoms with E-state index in [4.69, 9.17) is 16.3 Å². The zero-order valence-corrected chi connectivity index (χ0v) is 11.0. The van der Waals surface area contributed by atoms with Crippen LogP contribution in [0.4, 0.5) is 0 Å². The Balaban J connectivity index is 2.53. The maximum atomic E-state index is 10.2. The molecule has 1 atom stereocenters. The highest BCUT2D eigenvalue weighted by molar-refractivity contribution is 6.32. The van der Waals surface area contributed by atoms with Gasteiger partial charge in [0.2, 0.25) is 0 Å². The van der Waals surface area contributed by atoms with E-state index in [0.717, 1.165) is 36.9 Å². The zero-order chi connectivity index (χ0) is 12.4. The van der Waals surface area contributed by atoms with Crippen LogP contribution in [0.1, 0.15) is 36.9 Å². The van der Waals surface area contributed by atoms with Gasteiger partial charge >= 0.3 is 0 Å². The van der Waals surface area contributed by atoms with Crippen LogP contribution >= 0.6 is 11.6 Å². The van der Waals surface area contributed by atoms with Gasteiger partial charge in [-0.05, 0) is 37.4 Å². The Morgan fingerprint density at radius 2 is 2.35 bits per heavy atom. The molecule has 0 aromatic heterocycles. The summed E-state index contributed by atoms with van der Waals surface area (Å²) in [5, 5.41) is 14.2. The first-order chi connectivity index (χ1) is 8.19. The highest BCUT2D eigenvalue weighted by Crippen LogP contribution is 2.43. The van der Waals surface area contributed by atoms with Crippen molar-refractivity contribution in [2.45, 2.75) is 32.2 Å². The lowest BCUT2D eigenvalue weighted by Crippen LogP contribution is -2.14. The number of methoxy groups -OCH3 is 1. The van der Waals surface area contributed by atoms with Crippen molar-refractivity contribution in [1.82, 2.24) is 5.32 Å². The first-order valence-electron chi connectivity index (χ1n) is 6.00. The smallest absolute Gasteiger partial charge is 0.164 e. The van der Waals surface area contributed by atoms with Gasteiger partial charge < -0.3 is 15.2 Å². The van der Waals surface area contributed by atoms with Crippen LogP contribution in [0.2, 0.25) is 5.02 Å². The van der Waals surface area contributed by atoms with Crippen LogP contribution in [0.25, 0.3) is 0 Å². The first kappa shape index (κ1) is 12.5. The van der Waals surface area contributed by atoms with Gasteiger partial charge in [0.25, 0.3) is 0 Å². The van der Waals surface area contributed by atoms with E-state index in [0.29, 0.717) is 10.8 Å². The Morgan fingerprint density at radius 3 is 2.88 bits per heavy atom. The predicted molar refractivity (Wildman–Crippen MR) is 69.0 cm³/mol. The molecule has 3 nitrogen and oxygen atoms in total. The largest absolute Gasteiger partial charge is 0.504 e. The molecule has 1 saturated heterocycles. The molecule has 0 spiro atoms. The van der Waals surface area contributed by atoms with Gasteiger partial charge in [0.15, 0.2) is 11.5 Å². The summed E-state index contributed by atoms with van der Waals surface area (Å²) >= 11 is 6.37. The topological polar surface area (TPSA) is 41.5 Å². The van der Waals surface area contributed by atoms with E-state index in [1.54, 1.807) is 7.11 Å². The van der Waals surface area contributed by atoms with Crippen LogP contribution in [0, 0.1) is 0 Å². The molecule has 94 valence electrons. The normalized spacial score (nSPS) is 19.6. The van der Waals surface area contributed by atoms with Crippen molar-refractivity contribution < 1.29 is 9.84 Å². The van der Waals surface area contributed by atoms with Gasteiger partial charge in [-0.3, -0.25) is 0 Å². The third-order valence-electron chi connectivity index (χ3n) is 3.32. The standard InChI is InChI=1S/C13H18ClNO2/c1-3-8-7-10(17-2)13(16)11(12(8)14)9-5-4-6-15-9/h7,9,15-16H,3-6H2,1-2H3. The van der Waals surface area contributed by atoms with Crippen LogP contribution < -0.4 is 10.1 Å². The summed E-state index contributed by atoms with van der Waals surface area (Å²) in [6, 6.07) is 1.96. The molecule has 1 aromatic rings. The number of phenolic OH excluding ortho intramolecular Hbond substituents is 1. The second kappa shape index (κ2) is 5.15. The quantitative estimate of drug-likeness (QED) is 0.872. The lowest BCUT2D eigenvalue weighted by molar-refractivity contribution is 0.367. The van der Waals surface area contributed by atoms with Gasteiger partial charge in [-0.2, -0.15) is 0 Å². The van der Waals surface area contributed by atoms with Crippen LogP contribution in [0.5, 0.6) is 11.5 Å². The molecule has 1 unspecified atom stereocenters. The summed E-state index contributed by atoms with van der Waals surface area (Å²) in [5.41, 5.74) is 1.81. The van der Waals surface area contributed by atoms with Gasteiger partial charge in [-0.15, -0.1) is 0 Å². The molecule has 1 aromatic carbocycles. The molecule has 0 amide bonds. The second-order valence-electron chi connectivity index (χ2n) is 4.32. The average molecular weight is 256 g/mol. The first-order valence-corrected chi connectivity index (χ1v) is 6.38. The van der Waals surface area contributed by atoms with E-state index in [1.807, 2.05) is 13.0 Å². The number of halogens is 1. The minimum atomic E-state index is 0.142. The maximum absolute atomic E-state index is 10.2. The second-order valence-corrected chi connectivity index (χ2v) is 4.69. The Labute approximate surface area is 107 Å². The molecule has 2 N–H and O–H groups in total. The number of nitrogens with one attached hydrogen (secondary N) is 1. The molecule has 1 heterocycles. The van der Waals surface area contributed by atoms with Crippen molar-refractivity contribution in [1.29, 1.82) is 0 Å². The lowest BCUT2D eigenvalue weighted by Gasteiger charge is -2.19. The molecule has 17 heavy (non-hydrogen) atoms. The number of ether oxygens (including phenoxy) is 1. The van der Waals surface area contributed by atoms with Crippen LogP contribution in [0.15, 0.2) is 6.07 Å². The molecule has 1 fully saturated rings. The lowest BCUT2D eigenvalue weighted by atomic mass is 9.99. The predicted octanol–water partition coefficient (Wildman–Crippen LogP) is 3.04. The minimum Gasteiger partial charge on any atom is -0.504 e. The van der Waals surface area contributed by atoms with E-state index in [1.165, 1.54) is 0 Å². The van der Waals surface area contributed by atoms with E-state index >= 15 is 0 Å². The van der Waals surface area contributed by atoms with Crippen LogP contribution in [-0.4, -0.2) is 18.8 Å². The van der Waals surface area contributed by atoms with E-state index in [-0.39, 0.29) is 11.8 Å². The summed E-state index contributed by atoms with van der Waals surface area (Å²) in [7, 11) is 1.56. The van der Waals surface area contributed by atoms with E-state index in [2.05, 4.69) is 5.32 Å². The monoisotopic (exact) mass is 255 g/mol. The third kappa shape index (κ3) is 2.22. The number of aromatic hydroxyl groups is 1. The average Bonchev–Trinajstić information content (AvgIpc) is 2.83. The van der Waals surface area contributed by atoms with Gasteiger partial charge in [0, 0.05) is 11.6 Å². The molecule has 0 bridgehead atoms. The number of rotatable bonds is 3.